The smallest absolute Gasteiger partial charge is 0.313 e. The van der Waals surface area contributed by atoms with Crippen LogP contribution in [0.25, 0.3) is 0 Å². The van der Waals surface area contributed by atoms with Gasteiger partial charge in [0, 0.05) is 43.8 Å². The fraction of sp³-hybridized carbons (Fsp3) is 0.417. The van der Waals surface area contributed by atoms with E-state index in [0.29, 0.717) is 0 Å². The van der Waals surface area contributed by atoms with Crippen molar-refractivity contribution in [1.29, 1.82) is 0 Å². The molecule has 0 aromatic carbocycles. The van der Waals surface area contributed by atoms with Crippen LogP contribution in [0.15, 0.2) is 23.6 Å². The van der Waals surface area contributed by atoms with E-state index in [1.54, 1.807) is 12.4 Å². The lowest BCUT2D eigenvalue weighted by Crippen LogP contribution is -2.09. The van der Waals surface area contributed by atoms with Crippen LogP contribution in [-0.2, 0) is 24.8 Å². The van der Waals surface area contributed by atoms with E-state index in [-0.39, 0.29) is 5.75 Å². The molecule has 0 spiro atoms. The molecule has 0 atom stereocenters. The van der Waals surface area contributed by atoms with E-state index in [1.807, 2.05) is 29.3 Å². The first-order valence-electron chi connectivity index (χ1n) is 5.91. The predicted molar refractivity (Wildman–Crippen MR) is 72.2 cm³/mol. The van der Waals surface area contributed by atoms with Gasteiger partial charge in [-0.05, 0) is 13.0 Å². The highest BCUT2D eigenvalue weighted by Gasteiger charge is 2.10. The summed E-state index contributed by atoms with van der Waals surface area (Å²) < 4.78 is 3.89. The monoisotopic (exact) mass is 280 g/mol. The molecule has 1 N–H and O–H groups in total. The Kier molecular flexibility index (Phi) is 4.26. The lowest BCUT2D eigenvalue weighted by Gasteiger charge is -2.09. The van der Waals surface area contributed by atoms with Crippen LogP contribution in [0.2, 0.25) is 0 Å². The Hall–Kier alpha value is -1.76. The second-order valence-electron chi connectivity index (χ2n) is 4.21. The van der Waals surface area contributed by atoms with E-state index < -0.39 is 5.97 Å². The van der Waals surface area contributed by atoms with Gasteiger partial charge >= 0.3 is 5.97 Å². The first-order chi connectivity index (χ1) is 9.08. The van der Waals surface area contributed by atoms with Crippen LogP contribution in [0.5, 0.6) is 0 Å². The van der Waals surface area contributed by atoms with Crippen molar-refractivity contribution in [1.82, 2.24) is 19.3 Å². The molecule has 102 valence electrons. The van der Waals surface area contributed by atoms with Crippen molar-refractivity contribution in [2.45, 2.75) is 25.0 Å². The van der Waals surface area contributed by atoms with Crippen molar-refractivity contribution in [2.24, 2.45) is 7.05 Å². The van der Waals surface area contributed by atoms with Gasteiger partial charge in [-0.25, -0.2) is 4.98 Å². The third-order valence-corrected chi connectivity index (χ3v) is 3.83. The molecule has 7 heteroatoms. The summed E-state index contributed by atoms with van der Waals surface area (Å²) in [6.07, 6.45) is 4.39. The average Bonchev–Trinajstić information content (AvgIpc) is 2.91. The molecule has 0 amide bonds. The molecule has 2 heterocycles. The molecule has 0 radical (unpaired) electrons. The molecule has 2 aromatic heterocycles. The van der Waals surface area contributed by atoms with Gasteiger partial charge in [0.2, 0.25) is 0 Å². The Morgan fingerprint density at radius 1 is 1.53 bits per heavy atom. The molecule has 0 aliphatic rings. The maximum atomic E-state index is 10.6. The Morgan fingerprint density at radius 3 is 2.95 bits per heavy atom. The zero-order valence-electron chi connectivity index (χ0n) is 10.9. The van der Waals surface area contributed by atoms with E-state index >= 15 is 0 Å². The van der Waals surface area contributed by atoms with E-state index in [0.717, 1.165) is 29.5 Å². The van der Waals surface area contributed by atoms with Crippen LogP contribution in [-0.4, -0.2) is 36.2 Å². The van der Waals surface area contributed by atoms with Gasteiger partial charge in [0.25, 0.3) is 0 Å². The lowest BCUT2D eigenvalue weighted by atomic mass is 10.3. The summed E-state index contributed by atoms with van der Waals surface area (Å²) in [6.45, 7) is 2.74. The molecular weight excluding hydrogens is 264 g/mol. The quantitative estimate of drug-likeness (QED) is 0.808. The number of carbonyl (C=O) groups is 1. The summed E-state index contributed by atoms with van der Waals surface area (Å²) in [6, 6.07) is 1.98. The fourth-order valence-corrected chi connectivity index (χ4v) is 2.60. The number of carboxylic acids is 1. The molecule has 0 saturated heterocycles. The highest BCUT2D eigenvalue weighted by Crippen LogP contribution is 2.18. The molecule has 0 aliphatic carbocycles. The Morgan fingerprint density at radius 2 is 2.32 bits per heavy atom. The SMILES string of the molecule is Cc1cnc(SCC(=O)O)n1CCc1ccnn1C. The van der Waals surface area contributed by atoms with Crippen LogP contribution in [0, 0.1) is 6.92 Å². The molecule has 19 heavy (non-hydrogen) atoms. The van der Waals surface area contributed by atoms with Crippen LogP contribution in [0.3, 0.4) is 0 Å². The standard InChI is InChI=1S/C12H16N4O2S/c1-9-7-13-12(19-8-11(17)18)16(9)6-4-10-3-5-14-15(10)2/h3,5,7H,4,6,8H2,1-2H3,(H,17,18). The van der Waals surface area contributed by atoms with Gasteiger partial charge in [-0.2, -0.15) is 5.10 Å². The molecule has 2 rings (SSSR count). The number of hydrogen-bond donors (Lipinski definition) is 1. The topological polar surface area (TPSA) is 72.9 Å². The fourth-order valence-electron chi connectivity index (χ4n) is 1.83. The molecule has 6 nitrogen and oxygen atoms in total. The van der Waals surface area contributed by atoms with Crippen molar-refractivity contribution < 1.29 is 9.90 Å². The van der Waals surface area contributed by atoms with Gasteiger partial charge in [0.05, 0.1) is 5.75 Å². The zero-order chi connectivity index (χ0) is 13.8. The number of aryl methyl sites for hydroxylation is 3. The van der Waals surface area contributed by atoms with Gasteiger partial charge in [-0.15, -0.1) is 0 Å². The van der Waals surface area contributed by atoms with Crippen molar-refractivity contribution in [3.8, 4) is 0 Å². The number of aliphatic carboxylic acids is 1. The van der Waals surface area contributed by atoms with E-state index in [2.05, 4.69) is 10.1 Å². The number of nitrogens with zero attached hydrogens (tertiary/aromatic N) is 4. The van der Waals surface area contributed by atoms with Crippen LogP contribution in [0.1, 0.15) is 11.4 Å². The number of carboxylic acid groups (broad SMARTS) is 1. The highest BCUT2D eigenvalue weighted by molar-refractivity contribution is 7.99. The predicted octanol–water partition coefficient (Wildman–Crippen LogP) is 1.34. The molecule has 0 saturated carbocycles. The van der Waals surface area contributed by atoms with E-state index in [9.17, 15) is 4.79 Å². The van der Waals surface area contributed by atoms with Crippen molar-refractivity contribution >= 4 is 17.7 Å². The van der Waals surface area contributed by atoms with Crippen LogP contribution >= 0.6 is 11.8 Å². The molecule has 0 aliphatic heterocycles. The first kappa shape index (κ1) is 13.7. The summed E-state index contributed by atoms with van der Waals surface area (Å²) in [7, 11) is 1.91. The van der Waals surface area contributed by atoms with E-state index in [4.69, 9.17) is 5.11 Å². The summed E-state index contributed by atoms with van der Waals surface area (Å²) in [5.41, 5.74) is 2.18. The third-order valence-electron chi connectivity index (χ3n) is 2.86. The number of imidazole rings is 1. The van der Waals surface area contributed by atoms with Crippen LogP contribution in [0.4, 0.5) is 0 Å². The molecule has 2 aromatic rings. The summed E-state index contributed by atoms with van der Waals surface area (Å²) in [4.78, 5) is 14.9. The second-order valence-corrected chi connectivity index (χ2v) is 5.15. The van der Waals surface area contributed by atoms with Gasteiger partial charge in [-0.3, -0.25) is 9.48 Å². The Labute approximate surface area is 115 Å². The summed E-state index contributed by atoms with van der Waals surface area (Å²) >= 11 is 1.25. The number of hydrogen-bond acceptors (Lipinski definition) is 4. The molecule has 0 fully saturated rings. The van der Waals surface area contributed by atoms with E-state index in [1.165, 1.54) is 11.8 Å². The largest absolute Gasteiger partial charge is 0.481 e. The van der Waals surface area contributed by atoms with Gasteiger partial charge in [0.15, 0.2) is 5.16 Å². The Bertz CT molecular complexity index is 576. The number of rotatable bonds is 6. The van der Waals surface area contributed by atoms with Gasteiger partial charge < -0.3 is 9.67 Å². The molecular formula is C12H16N4O2S. The summed E-state index contributed by atoms with van der Waals surface area (Å²) in [5, 5.41) is 13.6. The normalized spacial score (nSPS) is 10.8. The summed E-state index contributed by atoms with van der Waals surface area (Å²) in [5.74, 6) is -0.800. The van der Waals surface area contributed by atoms with Crippen molar-refractivity contribution in [3.63, 3.8) is 0 Å². The van der Waals surface area contributed by atoms with Crippen molar-refractivity contribution in [2.75, 3.05) is 5.75 Å². The number of aromatic nitrogens is 4. The third kappa shape index (κ3) is 3.37. The van der Waals surface area contributed by atoms with Crippen molar-refractivity contribution in [3.05, 3.63) is 29.8 Å². The lowest BCUT2D eigenvalue weighted by molar-refractivity contribution is -0.133. The highest BCUT2D eigenvalue weighted by atomic mass is 32.2. The maximum Gasteiger partial charge on any atom is 0.313 e. The van der Waals surface area contributed by atoms with Gasteiger partial charge in [0.1, 0.15) is 0 Å². The van der Waals surface area contributed by atoms with Gasteiger partial charge in [-0.1, -0.05) is 11.8 Å². The Balaban J connectivity index is 2.05. The molecule has 0 bridgehead atoms. The average molecular weight is 280 g/mol. The minimum atomic E-state index is -0.830. The zero-order valence-corrected chi connectivity index (χ0v) is 11.7. The maximum absolute atomic E-state index is 10.6. The minimum Gasteiger partial charge on any atom is -0.481 e. The second kappa shape index (κ2) is 5.92. The van der Waals surface area contributed by atoms with Crippen LogP contribution < -0.4 is 0 Å². The minimum absolute atomic E-state index is 0.0299. The number of thioether (sulfide) groups is 1. The molecule has 0 unspecified atom stereocenters. The first-order valence-corrected chi connectivity index (χ1v) is 6.90.